The second-order valence-electron chi connectivity index (χ2n) is 18.4. The van der Waals surface area contributed by atoms with Crippen LogP contribution in [-0.2, 0) is 36.9 Å². The fraction of sp³-hybridized carbons (Fsp3) is 0.385. The van der Waals surface area contributed by atoms with E-state index in [2.05, 4.69) is 77.3 Å². The Bertz CT molecular complexity index is 2450. The molecule has 5 aromatic rings. The molecule has 1 amide bonds. The first-order chi connectivity index (χ1) is 29.6. The van der Waals surface area contributed by atoms with Crippen molar-refractivity contribution < 1.29 is 32.2 Å². The maximum absolute atomic E-state index is 14.0. The number of rotatable bonds is 20. The van der Waals surface area contributed by atoms with Crippen molar-refractivity contribution in [3.05, 3.63) is 138 Å². The average molecular weight is 896 g/mol. The summed E-state index contributed by atoms with van der Waals surface area (Å²) in [7, 11) is -3.93. The molecule has 0 bridgehead atoms. The molecular weight excluding hydrogens is 832 g/mol. The number of amides is 1. The van der Waals surface area contributed by atoms with Crippen LogP contribution in [0.2, 0.25) is 0 Å². The molecule has 0 fully saturated rings. The highest BCUT2D eigenvalue weighted by Gasteiger charge is 2.51. The normalized spacial score (nSPS) is 13.6. The van der Waals surface area contributed by atoms with Gasteiger partial charge in [-0.2, -0.15) is 0 Å². The molecule has 5 aromatic carbocycles. The molecule has 0 saturated heterocycles. The van der Waals surface area contributed by atoms with Gasteiger partial charge >= 0.3 is 5.06 Å². The van der Waals surface area contributed by atoms with Crippen LogP contribution in [0.15, 0.2) is 131 Å². The van der Waals surface area contributed by atoms with Crippen molar-refractivity contribution in [2.45, 2.75) is 127 Å². The number of hydrogen-bond donors (Lipinski definition) is 2. The van der Waals surface area contributed by atoms with E-state index in [1.165, 1.54) is 47.5 Å². The van der Waals surface area contributed by atoms with Gasteiger partial charge in [-0.15, -0.1) is 0 Å². The molecule has 0 aliphatic rings. The van der Waals surface area contributed by atoms with Crippen LogP contribution < -0.4 is 24.8 Å². The summed E-state index contributed by atoms with van der Waals surface area (Å²) in [6.07, 6.45) is 2.64. The average Bonchev–Trinajstić information content (AvgIpc) is 3.25. The number of halogens is 1. The van der Waals surface area contributed by atoms with Crippen LogP contribution in [0.3, 0.4) is 0 Å². The van der Waals surface area contributed by atoms with Gasteiger partial charge in [0.2, 0.25) is 15.6 Å². The number of carbonyl (C=O) groups excluding carboxylic acids is 2. The molecule has 0 heterocycles. The summed E-state index contributed by atoms with van der Waals surface area (Å²) in [4.78, 5) is 27.8. The molecule has 0 radical (unpaired) electrons. The van der Waals surface area contributed by atoms with E-state index < -0.39 is 32.0 Å². The minimum Gasteiger partial charge on any atom is -0.490 e. The second kappa shape index (κ2) is 20.0. The standard InChI is InChI=1S/C52H63ClN2O7S/c1-11-50(7,8)38-21-30-46(45(33-38)51(9,10)12-2)61-36(3)31-32-54-39-19-16-20-40(34-39)55-48(57)52(53,47(56)49(4,5)6)62-42-24-28-44(29-25-42)63(58,59)43-26-22-41(23-27-43)60-35-37-17-14-13-15-18-37/h13-30,33-34,36,54H,11-12,31-32,35H2,1-10H3,(H,55,57). The van der Waals surface area contributed by atoms with Crippen molar-refractivity contribution in [2.75, 3.05) is 17.2 Å². The number of benzene rings is 5. The summed E-state index contributed by atoms with van der Waals surface area (Å²) in [5, 5.41) is 3.70. The van der Waals surface area contributed by atoms with Crippen LogP contribution in [0, 0.1) is 5.41 Å². The zero-order chi connectivity index (χ0) is 46.2. The van der Waals surface area contributed by atoms with Gasteiger partial charge in [0, 0.05) is 35.3 Å². The summed E-state index contributed by atoms with van der Waals surface area (Å²) >= 11 is 6.88. The molecule has 5 rings (SSSR count). The maximum atomic E-state index is 14.0. The van der Waals surface area contributed by atoms with Crippen LogP contribution in [0.25, 0.3) is 0 Å². The fourth-order valence-electron chi connectivity index (χ4n) is 6.71. The lowest BCUT2D eigenvalue weighted by atomic mass is 9.76. The topological polar surface area (TPSA) is 120 Å². The highest BCUT2D eigenvalue weighted by Crippen LogP contribution is 2.39. The molecule has 0 spiro atoms. The highest BCUT2D eigenvalue weighted by molar-refractivity contribution is 7.91. The molecule has 2 unspecified atom stereocenters. The molecule has 2 atom stereocenters. The van der Waals surface area contributed by atoms with Gasteiger partial charge in [0.1, 0.15) is 23.9 Å². The molecule has 11 heteroatoms. The van der Waals surface area contributed by atoms with Crippen molar-refractivity contribution in [2.24, 2.45) is 5.41 Å². The third-order valence-corrected chi connectivity index (χ3v) is 13.8. The van der Waals surface area contributed by atoms with Crippen molar-refractivity contribution in [1.82, 2.24) is 0 Å². The SMILES string of the molecule is CCC(C)(C)c1ccc(OC(C)CCNc2cccc(NC(=O)C(Cl)(Oc3ccc(S(=O)(=O)c4ccc(OCc5ccccc5)cc4)cc3)C(=O)C(C)(C)C)c2)c(C(C)(C)CC)c1. The summed E-state index contributed by atoms with van der Waals surface area (Å²) < 4.78 is 45.4. The van der Waals surface area contributed by atoms with Crippen LogP contribution >= 0.6 is 11.6 Å². The van der Waals surface area contributed by atoms with E-state index >= 15 is 0 Å². The number of alkyl halides is 1. The van der Waals surface area contributed by atoms with Crippen molar-refractivity contribution in [1.29, 1.82) is 0 Å². The van der Waals surface area contributed by atoms with E-state index in [0.29, 0.717) is 31.0 Å². The minimum absolute atomic E-state index is 0.0137. The number of sulfone groups is 1. The largest absolute Gasteiger partial charge is 0.490 e. The quantitative estimate of drug-likeness (QED) is 0.0585. The highest BCUT2D eigenvalue weighted by atomic mass is 35.5. The molecule has 9 nitrogen and oxygen atoms in total. The van der Waals surface area contributed by atoms with E-state index in [0.717, 1.165) is 29.8 Å². The van der Waals surface area contributed by atoms with Crippen LogP contribution in [-0.4, -0.2) is 37.8 Å². The van der Waals surface area contributed by atoms with Crippen molar-refractivity contribution >= 4 is 44.5 Å². The Hall–Kier alpha value is -5.32. The summed E-state index contributed by atoms with van der Waals surface area (Å²) in [5.41, 5.74) is 3.58. The third-order valence-electron chi connectivity index (χ3n) is 11.6. The summed E-state index contributed by atoms with van der Waals surface area (Å²) in [6, 6.07) is 35.0. The maximum Gasteiger partial charge on any atom is 0.320 e. The Kier molecular flexibility index (Phi) is 15.5. The van der Waals surface area contributed by atoms with E-state index in [-0.39, 0.29) is 32.5 Å². The second-order valence-corrected chi connectivity index (χ2v) is 20.8. The lowest BCUT2D eigenvalue weighted by molar-refractivity contribution is -0.144. The monoisotopic (exact) mass is 894 g/mol. The molecular formula is C52H63ClN2O7S. The zero-order valence-corrected chi connectivity index (χ0v) is 39.9. The number of ether oxygens (including phenoxy) is 3. The molecule has 336 valence electrons. The van der Waals surface area contributed by atoms with E-state index in [1.54, 1.807) is 51.1 Å². The van der Waals surface area contributed by atoms with E-state index in [4.69, 9.17) is 25.8 Å². The predicted octanol–water partition coefficient (Wildman–Crippen LogP) is 12.3. The Balaban J connectivity index is 1.23. The Morgan fingerprint density at radius 1 is 0.698 bits per heavy atom. The van der Waals surface area contributed by atoms with Gasteiger partial charge in [-0.3, -0.25) is 9.59 Å². The molecule has 0 aliphatic carbocycles. The molecule has 0 saturated carbocycles. The summed E-state index contributed by atoms with van der Waals surface area (Å²) in [5.74, 6) is -0.121. The third kappa shape index (κ3) is 12.2. The summed E-state index contributed by atoms with van der Waals surface area (Å²) in [6.45, 7) is 21.4. The van der Waals surface area contributed by atoms with Gasteiger partial charge in [0.05, 0.1) is 15.9 Å². The molecule has 0 aromatic heterocycles. The lowest BCUT2D eigenvalue weighted by Gasteiger charge is -2.31. The van der Waals surface area contributed by atoms with Crippen LogP contribution in [0.1, 0.15) is 105 Å². The van der Waals surface area contributed by atoms with E-state index in [9.17, 15) is 18.0 Å². The van der Waals surface area contributed by atoms with Crippen molar-refractivity contribution in [3.8, 4) is 17.2 Å². The first kappa shape index (κ1) is 48.7. The number of hydrogen-bond acceptors (Lipinski definition) is 8. The lowest BCUT2D eigenvalue weighted by Crippen LogP contribution is -2.54. The first-order valence-corrected chi connectivity index (χ1v) is 23.5. The van der Waals surface area contributed by atoms with Crippen LogP contribution in [0.5, 0.6) is 17.2 Å². The first-order valence-electron chi connectivity index (χ1n) is 21.6. The fourth-order valence-corrected chi connectivity index (χ4v) is 8.39. The number of nitrogens with one attached hydrogen (secondary N) is 2. The molecule has 0 aliphatic heterocycles. The smallest absolute Gasteiger partial charge is 0.320 e. The molecule has 63 heavy (non-hydrogen) atoms. The van der Waals surface area contributed by atoms with Crippen molar-refractivity contribution in [3.63, 3.8) is 0 Å². The van der Waals surface area contributed by atoms with Gasteiger partial charge < -0.3 is 24.8 Å². The number of ketones is 1. The Labute approximate surface area is 379 Å². The van der Waals surface area contributed by atoms with Gasteiger partial charge in [0.15, 0.2) is 0 Å². The molecule has 2 N–H and O–H groups in total. The number of Topliss-reactive ketones (excluding diaryl/α,β-unsaturated/α-hetero) is 1. The zero-order valence-electron chi connectivity index (χ0n) is 38.3. The number of anilines is 2. The van der Waals surface area contributed by atoms with Crippen LogP contribution in [0.4, 0.5) is 11.4 Å². The Morgan fingerprint density at radius 3 is 1.87 bits per heavy atom. The predicted molar refractivity (Wildman–Crippen MR) is 254 cm³/mol. The van der Waals surface area contributed by atoms with Gasteiger partial charge in [-0.25, -0.2) is 8.42 Å². The minimum atomic E-state index is -3.93. The van der Waals surface area contributed by atoms with Gasteiger partial charge in [-0.05, 0) is 115 Å². The van der Waals surface area contributed by atoms with E-state index in [1.807, 2.05) is 36.4 Å². The van der Waals surface area contributed by atoms with Gasteiger partial charge in [-0.1, -0.05) is 122 Å². The van der Waals surface area contributed by atoms with Gasteiger partial charge in [0.25, 0.3) is 5.91 Å². The number of carbonyl (C=O) groups is 2. The Morgan fingerprint density at radius 2 is 1.29 bits per heavy atom.